The van der Waals surface area contributed by atoms with Crippen molar-refractivity contribution >= 4 is 24.2 Å². The van der Waals surface area contributed by atoms with Crippen molar-refractivity contribution in [2.45, 2.75) is 13.0 Å². The van der Waals surface area contributed by atoms with E-state index in [1.54, 1.807) is 0 Å². The molecule has 1 aliphatic heterocycles. The second-order valence-corrected chi connectivity index (χ2v) is 4.67. The van der Waals surface area contributed by atoms with Gasteiger partial charge in [0.25, 0.3) is 0 Å². The van der Waals surface area contributed by atoms with E-state index in [-0.39, 0.29) is 43.4 Å². The van der Waals surface area contributed by atoms with Gasteiger partial charge in [0, 0.05) is 0 Å². The van der Waals surface area contributed by atoms with Crippen LogP contribution in [0.1, 0.15) is 18.5 Å². The summed E-state index contributed by atoms with van der Waals surface area (Å²) in [5.41, 5.74) is 6.05. The minimum Gasteiger partial charge on any atom is -0.486 e. The van der Waals surface area contributed by atoms with Crippen LogP contribution in [0.15, 0.2) is 18.2 Å². The SMILES string of the molecule is CC(NC(=O)CNC(=O)CN)c1ccc2c(c1)OCCO2.Cl. The number of hydrogen-bond donors (Lipinski definition) is 3. The Morgan fingerprint density at radius 3 is 2.59 bits per heavy atom. The fourth-order valence-electron chi connectivity index (χ4n) is 1.96. The molecule has 0 radical (unpaired) electrons. The Labute approximate surface area is 134 Å². The number of benzene rings is 1. The van der Waals surface area contributed by atoms with Crippen LogP contribution in [0.2, 0.25) is 0 Å². The van der Waals surface area contributed by atoms with Gasteiger partial charge in [-0.15, -0.1) is 12.4 Å². The lowest BCUT2D eigenvalue weighted by molar-refractivity contribution is -0.125. The number of fused-ring (bicyclic) bond motifs is 1. The smallest absolute Gasteiger partial charge is 0.239 e. The van der Waals surface area contributed by atoms with Gasteiger partial charge >= 0.3 is 0 Å². The summed E-state index contributed by atoms with van der Waals surface area (Å²) in [5.74, 6) is 0.742. The van der Waals surface area contributed by atoms with Gasteiger partial charge in [0.2, 0.25) is 11.8 Å². The fraction of sp³-hybridized carbons (Fsp3) is 0.429. The van der Waals surface area contributed by atoms with Gasteiger partial charge in [-0.05, 0) is 24.6 Å². The molecule has 0 aliphatic carbocycles. The first-order valence-electron chi connectivity index (χ1n) is 6.76. The molecule has 22 heavy (non-hydrogen) atoms. The summed E-state index contributed by atoms with van der Waals surface area (Å²) in [6.45, 7) is 2.69. The molecule has 4 N–H and O–H groups in total. The molecule has 1 aliphatic rings. The van der Waals surface area contributed by atoms with Crippen LogP contribution < -0.4 is 25.8 Å². The van der Waals surface area contributed by atoms with Crippen molar-refractivity contribution in [3.05, 3.63) is 23.8 Å². The maximum atomic E-state index is 11.7. The summed E-state index contributed by atoms with van der Waals surface area (Å²) in [7, 11) is 0. The number of nitrogens with one attached hydrogen (secondary N) is 2. The first kappa shape index (κ1) is 18.1. The first-order chi connectivity index (χ1) is 10.1. The van der Waals surface area contributed by atoms with Crippen LogP contribution in [0.5, 0.6) is 11.5 Å². The predicted octanol–water partition coefficient (Wildman–Crippen LogP) is 0.132. The Hall–Kier alpha value is -1.99. The summed E-state index contributed by atoms with van der Waals surface area (Å²) in [6, 6.07) is 5.33. The molecular weight excluding hydrogens is 310 g/mol. The maximum absolute atomic E-state index is 11.7. The molecular formula is C14H20ClN3O4. The number of hydrogen-bond acceptors (Lipinski definition) is 5. The number of rotatable bonds is 5. The molecule has 8 heteroatoms. The molecule has 0 bridgehead atoms. The topological polar surface area (TPSA) is 103 Å². The van der Waals surface area contributed by atoms with Crippen molar-refractivity contribution < 1.29 is 19.1 Å². The van der Waals surface area contributed by atoms with Gasteiger partial charge in [-0.25, -0.2) is 0 Å². The Morgan fingerprint density at radius 2 is 1.91 bits per heavy atom. The third-order valence-electron chi connectivity index (χ3n) is 3.08. The van der Waals surface area contributed by atoms with Crippen LogP contribution in [-0.4, -0.2) is 38.1 Å². The van der Waals surface area contributed by atoms with Gasteiger partial charge < -0.3 is 25.8 Å². The van der Waals surface area contributed by atoms with Gasteiger partial charge in [-0.3, -0.25) is 9.59 Å². The van der Waals surface area contributed by atoms with Crippen molar-refractivity contribution in [1.29, 1.82) is 0 Å². The summed E-state index contributed by atoms with van der Waals surface area (Å²) >= 11 is 0. The molecule has 0 fully saturated rings. The van der Waals surface area contributed by atoms with Crippen LogP contribution >= 0.6 is 12.4 Å². The summed E-state index contributed by atoms with van der Waals surface area (Å²) in [5, 5.41) is 5.21. The molecule has 1 aromatic carbocycles. The zero-order valence-corrected chi connectivity index (χ0v) is 13.1. The molecule has 2 amide bonds. The number of carbonyl (C=O) groups excluding carboxylic acids is 2. The van der Waals surface area contributed by atoms with Gasteiger partial charge in [-0.2, -0.15) is 0 Å². The van der Waals surface area contributed by atoms with Crippen molar-refractivity contribution in [3.8, 4) is 11.5 Å². The Kier molecular flexibility index (Phi) is 6.94. The molecule has 122 valence electrons. The van der Waals surface area contributed by atoms with E-state index in [1.165, 1.54) is 0 Å². The summed E-state index contributed by atoms with van der Waals surface area (Å²) in [6.07, 6.45) is 0. The van der Waals surface area contributed by atoms with Crippen LogP contribution in [0.3, 0.4) is 0 Å². The van der Waals surface area contributed by atoms with Crippen molar-refractivity contribution in [3.63, 3.8) is 0 Å². The molecule has 0 saturated heterocycles. The van der Waals surface area contributed by atoms with E-state index in [1.807, 2.05) is 25.1 Å². The molecule has 1 unspecified atom stereocenters. The van der Waals surface area contributed by atoms with Crippen LogP contribution in [0.4, 0.5) is 0 Å². The minimum absolute atomic E-state index is 0. The number of nitrogens with two attached hydrogens (primary N) is 1. The van der Waals surface area contributed by atoms with Crippen molar-refractivity contribution in [2.24, 2.45) is 5.73 Å². The van der Waals surface area contributed by atoms with Gasteiger partial charge in [0.05, 0.1) is 19.1 Å². The van der Waals surface area contributed by atoms with Gasteiger partial charge in [-0.1, -0.05) is 6.07 Å². The lowest BCUT2D eigenvalue weighted by atomic mass is 10.1. The second kappa shape index (κ2) is 8.45. The fourth-order valence-corrected chi connectivity index (χ4v) is 1.96. The molecule has 0 saturated carbocycles. The monoisotopic (exact) mass is 329 g/mol. The highest BCUT2D eigenvalue weighted by Gasteiger charge is 2.15. The van der Waals surface area contributed by atoms with Crippen LogP contribution in [0.25, 0.3) is 0 Å². The highest BCUT2D eigenvalue weighted by molar-refractivity contribution is 5.85. The van der Waals surface area contributed by atoms with Gasteiger partial charge in [0.15, 0.2) is 11.5 Å². The Bertz CT molecular complexity index is 539. The highest BCUT2D eigenvalue weighted by Crippen LogP contribution is 2.32. The normalized spacial score (nSPS) is 13.5. The minimum atomic E-state index is -0.364. The van der Waals surface area contributed by atoms with E-state index in [0.717, 1.165) is 5.56 Å². The first-order valence-corrected chi connectivity index (χ1v) is 6.76. The van der Waals surface area contributed by atoms with Crippen molar-refractivity contribution in [1.82, 2.24) is 10.6 Å². The van der Waals surface area contributed by atoms with E-state index in [0.29, 0.717) is 24.7 Å². The van der Waals surface area contributed by atoms with Crippen molar-refractivity contribution in [2.75, 3.05) is 26.3 Å². The third kappa shape index (κ3) is 4.78. The Balaban J connectivity index is 0.00000242. The number of carbonyl (C=O) groups is 2. The van der Waals surface area contributed by atoms with Crippen LogP contribution in [-0.2, 0) is 9.59 Å². The average Bonchev–Trinajstić information content (AvgIpc) is 2.52. The molecule has 0 aromatic heterocycles. The Morgan fingerprint density at radius 1 is 1.23 bits per heavy atom. The number of ether oxygens (including phenoxy) is 2. The molecule has 1 aromatic rings. The molecule has 1 heterocycles. The average molecular weight is 330 g/mol. The standard InChI is InChI=1S/C14H19N3O4.ClH/c1-9(17-14(19)8-16-13(18)7-15)10-2-3-11-12(6-10)21-5-4-20-11;/h2-3,6,9H,4-5,7-8,15H2,1H3,(H,16,18)(H,17,19);1H. The molecule has 1 atom stereocenters. The second-order valence-electron chi connectivity index (χ2n) is 4.67. The van der Waals surface area contributed by atoms with Crippen LogP contribution in [0, 0.1) is 0 Å². The third-order valence-corrected chi connectivity index (χ3v) is 3.08. The summed E-state index contributed by atoms with van der Waals surface area (Å²) in [4.78, 5) is 22.7. The van der Waals surface area contributed by atoms with E-state index >= 15 is 0 Å². The zero-order chi connectivity index (χ0) is 15.2. The van der Waals surface area contributed by atoms with E-state index < -0.39 is 0 Å². The van der Waals surface area contributed by atoms with E-state index in [2.05, 4.69) is 10.6 Å². The molecule has 7 nitrogen and oxygen atoms in total. The highest BCUT2D eigenvalue weighted by atomic mass is 35.5. The van der Waals surface area contributed by atoms with E-state index in [9.17, 15) is 9.59 Å². The lowest BCUT2D eigenvalue weighted by Gasteiger charge is -2.21. The molecule has 2 rings (SSSR count). The zero-order valence-electron chi connectivity index (χ0n) is 12.3. The van der Waals surface area contributed by atoms with Gasteiger partial charge in [0.1, 0.15) is 13.2 Å². The largest absolute Gasteiger partial charge is 0.486 e. The predicted molar refractivity (Wildman–Crippen MR) is 83.3 cm³/mol. The number of halogens is 1. The molecule has 0 spiro atoms. The lowest BCUT2D eigenvalue weighted by Crippen LogP contribution is -2.40. The maximum Gasteiger partial charge on any atom is 0.239 e. The quantitative estimate of drug-likeness (QED) is 0.712. The number of amides is 2. The van der Waals surface area contributed by atoms with E-state index in [4.69, 9.17) is 15.2 Å². The summed E-state index contributed by atoms with van der Waals surface area (Å²) < 4.78 is 10.9.